The van der Waals surface area contributed by atoms with Gasteiger partial charge in [-0.15, -0.1) is 0 Å². The fraction of sp³-hybridized carbons (Fsp3) is 0.150. The first-order valence-electron chi connectivity index (χ1n) is 8.36. The van der Waals surface area contributed by atoms with Crippen LogP contribution in [0.2, 0.25) is 10.0 Å². The van der Waals surface area contributed by atoms with Crippen molar-refractivity contribution in [1.29, 1.82) is 0 Å². The van der Waals surface area contributed by atoms with Gasteiger partial charge >= 0.3 is 6.03 Å². The molecule has 0 saturated carbocycles. The van der Waals surface area contributed by atoms with E-state index in [4.69, 9.17) is 32.7 Å². The van der Waals surface area contributed by atoms with E-state index in [1.165, 1.54) is 32.4 Å². The van der Waals surface area contributed by atoms with E-state index in [0.29, 0.717) is 22.1 Å². The summed E-state index contributed by atoms with van der Waals surface area (Å²) in [5.74, 6) is -0.958. The summed E-state index contributed by atoms with van der Waals surface area (Å²) in [6, 6.07) is 6.94. The van der Waals surface area contributed by atoms with Gasteiger partial charge in [-0.25, -0.2) is 9.69 Å². The lowest BCUT2D eigenvalue weighted by Crippen LogP contribution is -2.54. The second kappa shape index (κ2) is 8.14. The molecule has 150 valence electrons. The topological polar surface area (TPSA) is 84.9 Å². The predicted molar refractivity (Wildman–Crippen MR) is 110 cm³/mol. The van der Waals surface area contributed by atoms with Crippen molar-refractivity contribution in [3.63, 3.8) is 0 Å². The van der Waals surface area contributed by atoms with Crippen molar-refractivity contribution in [2.45, 2.75) is 6.92 Å². The molecule has 1 aliphatic rings. The number of hydrogen-bond donors (Lipinski definition) is 1. The van der Waals surface area contributed by atoms with E-state index in [1.807, 2.05) is 0 Å². The van der Waals surface area contributed by atoms with Crippen molar-refractivity contribution in [1.82, 2.24) is 5.32 Å². The molecule has 4 amide bonds. The molecule has 1 fully saturated rings. The molecule has 2 aromatic rings. The van der Waals surface area contributed by atoms with E-state index in [0.717, 1.165) is 10.5 Å². The molecule has 7 nitrogen and oxygen atoms in total. The Morgan fingerprint density at radius 2 is 1.72 bits per heavy atom. The first-order valence-corrected chi connectivity index (χ1v) is 9.11. The van der Waals surface area contributed by atoms with E-state index in [1.54, 1.807) is 25.1 Å². The van der Waals surface area contributed by atoms with E-state index in [-0.39, 0.29) is 16.3 Å². The maximum Gasteiger partial charge on any atom is 0.335 e. The quantitative estimate of drug-likeness (QED) is 0.580. The zero-order valence-corrected chi connectivity index (χ0v) is 17.2. The van der Waals surface area contributed by atoms with Gasteiger partial charge < -0.3 is 9.47 Å². The molecule has 9 heteroatoms. The highest BCUT2D eigenvalue weighted by Gasteiger charge is 2.37. The number of amides is 4. The predicted octanol–water partition coefficient (Wildman–Crippen LogP) is 3.99. The van der Waals surface area contributed by atoms with E-state index >= 15 is 0 Å². The summed E-state index contributed by atoms with van der Waals surface area (Å²) in [6.07, 6.45) is 1.32. The summed E-state index contributed by atoms with van der Waals surface area (Å²) in [7, 11) is 2.88. The number of rotatable bonds is 4. The zero-order valence-electron chi connectivity index (χ0n) is 15.7. The average molecular weight is 435 g/mol. The van der Waals surface area contributed by atoms with Crippen LogP contribution in [-0.4, -0.2) is 32.1 Å². The molecular formula is C20H16Cl2N2O5. The number of benzene rings is 2. The standard InChI is InChI=1S/C20H16Cl2N2O5/c1-10-4-5-12(9-14(10)21)24-19(26)13(18(25)23-20(24)27)6-11-7-15(22)17(29-3)16(8-11)28-2/h4-9H,1-3H3,(H,23,25,27)/b13-6-. The molecule has 1 saturated heterocycles. The van der Waals surface area contributed by atoms with Crippen molar-refractivity contribution in [3.8, 4) is 11.5 Å². The van der Waals surface area contributed by atoms with Crippen molar-refractivity contribution < 1.29 is 23.9 Å². The number of aryl methyl sites for hydroxylation is 1. The molecule has 1 heterocycles. The third-order valence-electron chi connectivity index (χ3n) is 4.28. The van der Waals surface area contributed by atoms with Crippen molar-refractivity contribution in [3.05, 3.63) is 57.1 Å². The number of imide groups is 2. The number of barbiturate groups is 1. The fourth-order valence-electron chi connectivity index (χ4n) is 2.80. The minimum absolute atomic E-state index is 0.237. The van der Waals surface area contributed by atoms with Crippen molar-refractivity contribution >= 4 is 52.8 Å². The second-order valence-electron chi connectivity index (χ2n) is 6.13. The van der Waals surface area contributed by atoms with Crippen LogP contribution in [0.3, 0.4) is 0 Å². The molecule has 0 atom stereocenters. The Hall–Kier alpha value is -3.03. The Labute approximate surface area is 176 Å². The van der Waals surface area contributed by atoms with Gasteiger partial charge in [0.05, 0.1) is 24.9 Å². The van der Waals surface area contributed by atoms with Crippen molar-refractivity contribution in [2.75, 3.05) is 19.1 Å². The Morgan fingerprint density at radius 3 is 2.34 bits per heavy atom. The summed E-state index contributed by atoms with van der Waals surface area (Å²) < 4.78 is 10.4. The molecule has 0 aromatic heterocycles. The molecule has 2 aromatic carbocycles. The number of carbonyl (C=O) groups is 3. The van der Waals surface area contributed by atoms with Gasteiger partial charge in [0.15, 0.2) is 11.5 Å². The summed E-state index contributed by atoms with van der Waals surface area (Å²) >= 11 is 12.3. The highest BCUT2D eigenvalue weighted by molar-refractivity contribution is 6.39. The summed E-state index contributed by atoms with van der Waals surface area (Å²) in [5.41, 5.74) is 1.20. The number of methoxy groups -OCH3 is 2. The molecule has 0 spiro atoms. The van der Waals surface area contributed by atoms with Gasteiger partial charge in [-0.05, 0) is 48.4 Å². The number of nitrogens with zero attached hydrogens (tertiary/aromatic N) is 1. The normalized spacial score (nSPS) is 15.6. The lowest BCUT2D eigenvalue weighted by atomic mass is 10.1. The Morgan fingerprint density at radius 1 is 1.00 bits per heavy atom. The van der Waals surface area contributed by atoms with Gasteiger partial charge in [-0.1, -0.05) is 29.3 Å². The van der Waals surface area contributed by atoms with Crippen LogP contribution >= 0.6 is 23.2 Å². The van der Waals surface area contributed by atoms with Gasteiger partial charge in [0.1, 0.15) is 5.57 Å². The maximum absolute atomic E-state index is 13.0. The molecule has 1 aliphatic heterocycles. The van der Waals surface area contributed by atoms with Crippen molar-refractivity contribution in [2.24, 2.45) is 0 Å². The van der Waals surface area contributed by atoms with Gasteiger partial charge in [0.25, 0.3) is 11.8 Å². The van der Waals surface area contributed by atoms with Gasteiger partial charge in [-0.2, -0.15) is 0 Å². The number of halogens is 2. The fourth-order valence-corrected chi connectivity index (χ4v) is 3.27. The van der Waals surface area contributed by atoms with Crippen LogP contribution in [0.4, 0.5) is 10.5 Å². The van der Waals surface area contributed by atoms with Crippen LogP contribution in [0, 0.1) is 6.92 Å². The van der Waals surface area contributed by atoms with Gasteiger partial charge in [-0.3, -0.25) is 14.9 Å². The second-order valence-corrected chi connectivity index (χ2v) is 6.94. The third kappa shape index (κ3) is 3.92. The summed E-state index contributed by atoms with van der Waals surface area (Å²) in [4.78, 5) is 38.4. The molecular weight excluding hydrogens is 419 g/mol. The Bertz CT molecular complexity index is 1070. The summed E-state index contributed by atoms with van der Waals surface area (Å²) in [6.45, 7) is 1.79. The third-order valence-corrected chi connectivity index (χ3v) is 4.97. The van der Waals surface area contributed by atoms with Gasteiger partial charge in [0, 0.05) is 5.02 Å². The molecule has 0 aliphatic carbocycles. The average Bonchev–Trinajstić information content (AvgIpc) is 2.67. The maximum atomic E-state index is 13.0. The lowest BCUT2D eigenvalue weighted by Gasteiger charge is -2.26. The number of carbonyl (C=O) groups excluding carboxylic acids is 3. The Kier molecular flexibility index (Phi) is 5.81. The highest BCUT2D eigenvalue weighted by atomic mass is 35.5. The van der Waals surface area contributed by atoms with Crippen LogP contribution in [0.25, 0.3) is 6.08 Å². The summed E-state index contributed by atoms with van der Waals surface area (Å²) in [5, 5.41) is 2.78. The first kappa shape index (κ1) is 20.7. The lowest BCUT2D eigenvalue weighted by molar-refractivity contribution is -0.122. The minimum atomic E-state index is -0.859. The van der Waals surface area contributed by atoms with Crippen LogP contribution in [-0.2, 0) is 9.59 Å². The number of anilines is 1. The minimum Gasteiger partial charge on any atom is -0.493 e. The molecule has 0 bridgehead atoms. The largest absolute Gasteiger partial charge is 0.493 e. The molecule has 0 unspecified atom stereocenters. The van der Waals surface area contributed by atoms with E-state index < -0.39 is 17.8 Å². The number of ether oxygens (including phenoxy) is 2. The smallest absolute Gasteiger partial charge is 0.335 e. The molecule has 29 heavy (non-hydrogen) atoms. The van der Waals surface area contributed by atoms with Crippen LogP contribution in [0.1, 0.15) is 11.1 Å². The van der Waals surface area contributed by atoms with E-state index in [9.17, 15) is 14.4 Å². The highest BCUT2D eigenvalue weighted by Crippen LogP contribution is 2.37. The number of nitrogens with one attached hydrogen (secondary N) is 1. The molecule has 3 rings (SSSR count). The number of urea groups is 1. The SMILES string of the molecule is COc1cc(/C=C2/C(=O)NC(=O)N(c3ccc(C)c(Cl)c3)C2=O)cc(Cl)c1OC. The van der Waals surface area contributed by atoms with Crippen LogP contribution < -0.4 is 19.7 Å². The van der Waals surface area contributed by atoms with Gasteiger partial charge in [0.2, 0.25) is 0 Å². The number of hydrogen-bond acceptors (Lipinski definition) is 5. The van der Waals surface area contributed by atoms with E-state index in [2.05, 4.69) is 5.32 Å². The zero-order chi connectivity index (χ0) is 21.3. The van der Waals surface area contributed by atoms with Crippen LogP contribution in [0.5, 0.6) is 11.5 Å². The first-order chi connectivity index (χ1) is 13.8. The molecule has 0 radical (unpaired) electrons. The molecule has 1 N–H and O–H groups in total. The monoisotopic (exact) mass is 434 g/mol. The van der Waals surface area contributed by atoms with Crippen LogP contribution in [0.15, 0.2) is 35.9 Å². The Balaban J connectivity index is 2.06.